The molecule has 7 heteroatoms. The number of ether oxygens (including phenoxy) is 3. The minimum Gasteiger partial charge on any atom is -0.493 e. The number of guanidine groups is 1. The van der Waals surface area contributed by atoms with Gasteiger partial charge in [-0.25, -0.2) is 0 Å². The molecule has 0 spiro atoms. The Labute approximate surface area is 168 Å². The summed E-state index contributed by atoms with van der Waals surface area (Å²) < 4.78 is 15.7. The Morgan fingerprint density at radius 3 is 2.48 bits per heavy atom. The van der Waals surface area contributed by atoms with Gasteiger partial charge in [0.2, 0.25) is 0 Å². The Morgan fingerprint density at radius 1 is 1.16 bits per heavy atom. The van der Waals surface area contributed by atoms with Gasteiger partial charge in [-0.2, -0.15) is 0 Å². The molecule has 1 aromatic rings. The lowest BCUT2D eigenvalue weighted by Gasteiger charge is -2.17. The van der Waals surface area contributed by atoms with Gasteiger partial charge in [0, 0.05) is 26.2 Å². The lowest BCUT2D eigenvalue weighted by Crippen LogP contribution is -2.44. The molecule has 0 saturated carbocycles. The van der Waals surface area contributed by atoms with Gasteiger partial charge in [-0.05, 0) is 44.4 Å². The smallest absolute Gasteiger partial charge is 0.191 e. The summed E-state index contributed by atoms with van der Waals surface area (Å²) in [6.45, 7) is 6.36. The molecule has 6 nitrogen and oxygen atoms in total. The third-order valence-electron chi connectivity index (χ3n) is 3.49. The molecule has 2 N–H and O–H groups in total. The number of aliphatic imine (C=N–C) groups is 1. The summed E-state index contributed by atoms with van der Waals surface area (Å²) in [5.74, 6) is 2.35. The van der Waals surface area contributed by atoms with E-state index in [1.54, 1.807) is 21.3 Å². The van der Waals surface area contributed by atoms with E-state index < -0.39 is 0 Å². The minimum absolute atomic E-state index is 0. The number of rotatable bonds is 10. The summed E-state index contributed by atoms with van der Waals surface area (Å²) >= 11 is 0. The van der Waals surface area contributed by atoms with E-state index >= 15 is 0 Å². The SMILES string of the molecule is CCNC(=NCCCc1ccc(OC)c(OC)c1)NC(C)COC.I. The van der Waals surface area contributed by atoms with Crippen LogP contribution in [0, 0.1) is 0 Å². The van der Waals surface area contributed by atoms with Crippen molar-refractivity contribution >= 4 is 29.9 Å². The highest BCUT2D eigenvalue weighted by atomic mass is 127. The Hall–Kier alpha value is -1.22. The van der Waals surface area contributed by atoms with Gasteiger partial charge in [0.15, 0.2) is 17.5 Å². The van der Waals surface area contributed by atoms with Crippen LogP contribution in [0.3, 0.4) is 0 Å². The van der Waals surface area contributed by atoms with Crippen molar-refractivity contribution < 1.29 is 14.2 Å². The van der Waals surface area contributed by atoms with Crippen LogP contribution in [0.15, 0.2) is 23.2 Å². The highest BCUT2D eigenvalue weighted by Gasteiger charge is 2.05. The summed E-state index contributed by atoms with van der Waals surface area (Å²) in [7, 11) is 5.00. The van der Waals surface area contributed by atoms with E-state index in [1.807, 2.05) is 12.1 Å². The molecule has 1 unspecified atom stereocenters. The summed E-state index contributed by atoms with van der Waals surface area (Å²) in [4.78, 5) is 4.61. The van der Waals surface area contributed by atoms with Crippen molar-refractivity contribution in [3.63, 3.8) is 0 Å². The van der Waals surface area contributed by atoms with E-state index in [0.29, 0.717) is 6.61 Å². The van der Waals surface area contributed by atoms with Gasteiger partial charge < -0.3 is 24.8 Å². The molecule has 25 heavy (non-hydrogen) atoms. The molecule has 0 radical (unpaired) electrons. The second-order valence-electron chi connectivity index (χ2n) is 5.55. The average Bonchev–Trinajstić information content (AvgIpc) is 2.58. The number of aryl methyl sites for hydroxylation is 1. The maximum absolute atomic E-state index is 5.34. The standard InChI is InChI=1S/C18H31N3O3.HI/c1-6-19-18(21-14(2)13-22-3)20-11-7-8-15-9-10-16(23-4)17(12-15)24-5;/h9-10,12,14H,6-8,11,13H2,1-5H3,(H2,19,20,21);1H. The van der Waals surface area contributed by atoms with Crippen LogP contribution in [0.5, 0.6) is 11.5 Å². The van der Waals surface area contributed by atoms with Crippen LogP contribution in [0.2, 0.25) is 0 Å². The van der Waals surface area contributed by atoms with E-state index in [1.165, 1.54) is 5.56 Å². The predicted octanol–water partition coefficient (Wildman–Crippen LogP) is 2.84. The van der Waals surface area contributed by atoms with Gasteiger partial charge in [0.1, 0.15) is 0 Å². The van der Waals surface area contributed by atoms with Crippen LogP contribution in [0.4, 0.5) is 0 Å². The molecule has 0 aliphatic heterocycles. The first kappa shape index (κ1) is 23.8. The van der Waals surface area contributed by atoms with Crippen LogP contribution in [0.25, 0.3) is 0 Å². The van der Waals surface area contributed by atoms with Gasteiger partial charge >= 0.3 is 0 Å². The van der Waals surface area contributed by atoms with E-state index in [-0.39, 0.29) is 30.0 Å². The Bertz CT molecular complexity index is 512. The fourth-order valence-electron chi connectivity index (χ4n) is 2.36. The van der Waals surface area contributed by atoms with E-state index in [4.69, 9.17) is 14.2 Å². The molecule has 144 valence electrons. The quantitative estimate of drug-likeness (QED) is 0.241. The fraction of sp³-hybridized carbons (Fsp3) is 0.611. The Balaban J connectivity index is 0.00000576. The van der Waals surface area contributed by atoms with Gasteiger partial charge in [-0.3, -0.25) is 4.99 Å². The number of nitrogens with one attached hydrogen (secondary N) is 2. The van der Waals surface area contributed by atoms with Crippen molar-refractivity contribution in [2.45, 2.75) is 32.7 Å². The van der Waals surface area contributed by atoms with E-state index in [2.05, 4.69) is 35.5 Å². The normalized spacial score (nSPS) is 12.1. The second kappa shape index (κ2) is 14.0. The van der Waals surface area contributed by atoms with Crippen LogP contribution in [0.1, 0.15) is 25.8 Å². The third kappa shape index (κ3) is 9.15. The molecule has 0 amide bonds. The first-order chi connectivity index (χ1) is 11.6. The van der Waals surface area contributed by atoms with Crippen LogP contribution < -0.4 is 20.1 Å². The van der Waals surface area contributed by atoms with Gasteiger partial charge in [0.25, 0.3) is 0 Å². The van der Waals surface area contributed by atoms with Crippen LogP contribution in [-0.4, -0.2) is 53.0 Å². The highest BCUT2D eigenvalue weighted by Crippen LogP contribution is 2.27. The Kier molecular flexibility index (Phi) is 13.3. The summed E-state index contributed by atoms with van der Waals surface area (Å²) in [6.07, 6.45) is 1.90. The molecule has 1 aromatic carbocycles. The van der Waals surface area contributed by atoms with Gasteiger partial charge in [0.05, 0.1) is 20.8 Å². The first-order valence-corrected chi connectivity index (χ1v) is 8.39. The Morgan fingerprint density at radius 2 is 1.88 bits per heavy atom. The number of nitrogens with zero attached hydrogens (tertiary/aromatic N) is 1. The lowest BCUT2D eigenvalue weighted by atomic mass is 10.1. The number of halogens is 1. The summed E-state index contributed by atoms with van der Waals surface area (Å²) in [5, 5.41) is 6.58. The van der Waals surface area contributed by atoms with Crippen molar-refractivity contribution in [2.24, 2.45) is 4.99 Å². The zero-order valence-electron chi connectivity index (χ0n) is 15.9. The molecule has 0 bridgehead atoms. The van der Waals surface area contributed by atoms with Crippen molar-refractivity contribution in [2.75, 3.05) is 41.0 Å². The van der Waals surface area contributed by atoms with E-state index in [9.17, 15) is 0 Å². The average molecular weight is 465 g/mol. The fourth-order valence-corrected chi connectivity index (χ4v) is 2.36. The largest absolute Gasteiger partial charge is 0.493 e. The first-order valence-electron chi connectivity index (χ1n) is 8.39. The molecule has 1 rings (SSSR count). The monoisotopic (exact) mass is 465 g/mol. The van der Waals surface area contributed by atoms with Crippen LogP contribution in [-0.2, 0) is 11.2 Å². The highest BCUT2D eigenvalue weighted by molar-refractivity contribution is 14.0. The number of benzene rings is 1. The molecule has 0 aromatic heterocycles. The van der Waals surface area contributed by atoms with Gasteiger partial charge in [-0.15, -0.1) is 24.0 Å². The van der Waals surface area contributed by atoms with Crippen molar-refractivity contribution in [1.82, 2.24) is 10.6 Å². The topological polar surface area (TPSA) is 64.1 Å². The molecule has 1 atom stereocenters. The van der Waals surface area contributed by atoms with Crippen molar-refractivity contribution in [3.8, 4) is 11.5 Å². The zero-order chi connectivity index (χ0) is 17.8. The molecular weight excluding hydrogens is 433 g/mol. The minimum atomic E-state index is 0. The van der Waals surface area contributed by atoms with E-state index in [0.717, 1.165) is 43.4 Å². The lowest BCUT2D eigenvalue weighted by molar-refractivity contribution is 0.179. The van der Waals surface area contributed by atoms with Crippen molar-refractivity contribution in [1.29, 1.82) is 0 Å². The summed E-state index contributed by atoms with van der Waals surface area (Å²) in [6, 6.07) is 6.25. The number of hydrogen-bond acceptors (Lipinski definition) is 4. The predicted molar refractivity (Wildman–Crippen MR) is 114 cm³/mol. The molecule has 0 fully saturated rings. The van der Waals surface area contributed by atoms with Crippen molar-refractivity contribution in [3.05, 3.63) is 23.8 Å². The molecule has 0 aliphatic carbocycles. The maximum Gasteiger partial charge on any atom is 0.191 e. The molecule has 0 saturated heterocycles. The second-order valence-corrected chi connectivity index (χ2v) is 5.55. The zero-order valence-corrected chi connectivity index (χ0v) is 18.3. The van der Waals surface area contributed by atoms with Gasteiger partial charge in [-0.1, -0.05) is 6.07 Å². The maximum atomic E-state index is 5.34. The third-order valence-corrected chi connectivity index (χ3v) is 3.49. The molecule has 0 heterocycles. The number of methoxy groups -OCH3 is 3. The molecular formula is C18H32IN3O3. The number of hydrogen-bond donors (Lipinski definition) is 2. The van der Waals surface area contributed by atoms with Crippen LogP contribution >= 0.6 is 24.0 Å². The molecule has 0 aliphatic rings. The summed E-state index contributed by atoms with van der Waals surface area (Å²) in [5.41, 5.74) is 1.22.